The Morgan fingerprint density at radius 3 is 2.63 bits per heavy atom. The highest BCUT2D eigenvalue weighted by Crippen LogP contribution is 2.13. The predicted molar refractivity (Wildman–Crippen MR) is 72.6 cm³/mol. The van der Waals surface area contributed by atoms with E-state index in [1.54, 1.807) is 0 Å². The molecule has 19 heavy (non-hydrogen) atoms. The van der Waals surface area contributed by atoms with Crippen LogP contribution in [0.25, 0.3) is 0 Å². The maximum Gasteiger partial charge on any atom is 0.260 e. The van der Waals surface area contributed by atoms with Crippen molar-refractivity contribution in [1.82, 2.24) is 4.98 Å². The largest absolute Gasteiger partial charge is 0.322 e. The average Bonchev–Trinajstić information content (AvgIpc) is 2.42. The van der Waals surface area contributed by atoms with Gasteiger partial charge in [0.05, 0.1) is 5.56 Å². The zero-order valence-corrected chi connectivity index (χ0v) is 10.7. The molecule has 1 N–H and O–H groups in total. The van der Waals surface area contributed by atoms with E-state index in [4.69, 9.17) is 0 Å². The second-order valence-electron chi connectivity index (χ2n) is 4.24. The first-order chi connectivity index (χ1) is 9.20. The molecule has 0 bridgehead atoms. The molecule has 2 rings (SSSR count). The molecular weight excluding hydrogens is 243 g/mol. The Bertz CT molecular complexity index is 567. The monoisotopic (exact) mass is 258 g/mol. The first-order valence-electron chi connectivity index (χ1n) is 6.21. The Balaban J connectivity index is 2.09. The number of halogens is 1. The van der Waals surface area contributed by atoms with E-state index < -0.39 is 11.9 Å². The number of nitrogens with zero attached hydrogens (tertiary/aromatic N) is 1. The van der Waals surface area contributed by atoms with Gasteiger partial charge in [-0.15, -0.1) is 0 Å². The number of amides is 1. The SMILES string of the molecule is CCCc1ccc(NC(=O)c2cccnc2F)cc1. The molecule has 0 saturated heterocycles. The van der Waals surface area contributed by atoms with Gasteiger partial charge in [0.1, 0.15) is 0 Å². The summed E-state index contributed by atoms with van der Waals surface area (Å²) in [6.45, 7) is 2.11. The van der Waals surface area contributed by atoms with Crippen LogP contribution in [0.1, 0.15) is 29.3 Å². The summed E-state index contributed by atoms with van der Waals surface area (Å²) >= 11 is 0. The molecule has 1 aromatic carbocycles. The number of carbonyl (C=O) groups excluding carboxylic acids is 1. The fraction of sp³-hybridized carbons (Fsp3) is 0.200. The third-order valence-electron chi connectivity index (χ3n) is 2.75. The van der Waals surface area contributed by atoms with Crippen LogP contribution in [-0.2, 0) is 6.42 Å². The van der Waals surface area contributed by atoms with Gasteiger partial charge in [0, 0.05) is 11.9 Å². The normalized spacial score (nSPS) is 10.2. The smallest absolute Gasteiger partial charge is 0.260 e. The highest BCUT2D eigenvalue weighted by atomic mass is 19.1. The van der Waals surface area contributed by atoms with Crippen LogP contribution >= 0.6 is 0 Å². The lowest BCUT2D eigenvalue weighted by Gasteiger charge is -2.06. The predicted octanol–water partition coefficient (Wildman–Crippen LogP) is 3.43. The number of nitrogens with one attached hydrogen (secondary N) is 1. The third-order valence-corrected chi connectivity index (χ3v) is 2.75. The average molecular weight is 258 g/mol. The van der Waals surface area contributed by atoms with Crippen LogP contribution < -0.4 is 5.32 Å². The molecule has 1 heterocycles. The highest BCUT2D eigenvalue weighted by Gasteiger charge is 2.11. The van der Waals surface area contributed by atoms with Crippen molar-refractivity contribution in [3.05, 3.63) is 59.7 Å². The van der Waals surface area contributed by atoms with Gasteiger partial charge in [-0.2, -0.15) is 4.39 Å². The molecule has 0 aliphatic rings. The number of carbonyl (C=O) groups is 1. The van der Waals surface area contributed by atoms with Crippen molar-refractivity contribution in [2.75, 3.05) is 5.32 Å². The van der Waals surface area contributed by atoms with Crippen LogP contribution in [0, 0.1) is 5.95 Å². The number of pyridine rings is 1. The summed E-state index contributed by atoms with van der Waals surface area (Å²) in [5.41, 5.74) is 1.81. The molecule has 2 aromatic rings. The molecular formula is C15H15FN2O. The van der Waals surface area contributed by atoms with Crippen LogP contribution in [0.5, 0.6) is 0 Å². The Morgan fingerprint density at radius 1 is 1.26 bits per heavy atom. The summed E-state index contributed by atoms with van der Waals surface area (Å²) in [5, 5.41) is 2.65. The minimum absolute atomic E-state index is 0.0554. The molecule has 0 atom stereocenters. The topological polar surface area (TPSA) is 42.0 Å². The van der Waals surface area contributed by atoms with E-state index in [9.17, 15) is 9.18 Å². The number of benzene rings is 1. The maximum atomic E-state index is 13.3. The van der Waals surface area contributed by atoms with Crippen LogP contribution in [0.3, 0.4) is 0 Å². The molecule has 1 amide bonds. The van der Waals surface area contributed by atoms with Crippen molar-refractivity contribution in [3.63, 3.8) is 0 Å². The number of rotatable bonds is 4. The summed E-state index contributed by atoms with van der Waals surface area (Å²) < 4.78 is 13.3. The van der Waals surface area contributed by atoms with Gasteiger partial charge in [0.2, 0.25) is 5.95 Å². The van der Waals surface area contributed by atoms with Crippen molar-refractivity contribution >= 4 is 11.6 Å². The van der Waals surface area contributed by atoms with Gasteiger partial charge in [0.25, 0.3) is 5.91 Å². The summed E-state index contributed by atoms with van der Waals surface area (Å²) in [6, 6.07) is 10.5. The Kier molecular flexibility index (Phi) is 4.23. The number of hydrogen-bond acceptors (Lipinski definition) is 2. The van der Waals surface area contributed by atoms with E-state index in [1.807, 2.05) is 24.3 Å². The minimum Gasteiger partial charge on any atom is -0.322 e. The van der Waals surface area contributed by atoms with E-state index in [1.165, 1.54) is 23.9 Å². The quantitative estimate of drug-likeness (QED) is 0.854. The molecule has 0 radical (unpaired) electrons. The Labute approximate surface area is 111 Å². The fourth-order valence-electron chi connectivity index (χ4n) is 1.80. The fourth-order valence-corrected chi connectivity index (χ4v) is 1.80. The number of aryl methyl sites for hydroxylation is 1. The number of hydrogen-bond donors (Lipinski definition) is 1. The van der Waals surface area contributed by atoms with Crippen LogP contribution in [-0.4, -0.2) is 10.9 Å². The van der Waals surface area contributed by atoms with Gasteiger partial charge in [-0.05, 0) is 36.2 Å². The van der Waals surface area contributed by atoms with Crippen LogP contribution in [0.15, 0.2) is 42.6 Å². The first kappa shape index (κ1) is 13.2. The lowest BCUT2D eigenvalue weighted by molar-refractivity contribution is 0.102. The molecule has 1 aromatic heterocycles. The van der Waals surface area contributed by atoms with Crippen molar-refractivity contribution in [1.29, 1.82) is 0 Å². The minimum atomic E-state index is -0.761. The molecule has 4 heteroatoms. The van der Waals surface area contributed by atoms with E-state index in [-0.39, 0.29) is 5.56 Å². The van der Waals surface area contributed by atoms with Crippen molar-refractivity contribution < 1.29 is 9.18 Å². The van der Waals surface area contributed by atoms with Gasteiger partial charge >= 0.3 is 0 Å². The molecule has 0 unspecified atom stereocenters. The van der Waals surface area contributed by atoms with Gasteiger partial charge in [0.15, 0.2) is 0 Å². The van der Waals surface area contributed by atoms with E-state index in [0.717, 1.165) is 12.8 Å². The summed E-state index contributed by atoms with van der Waals surface area (Å²) in [7, 11) is 0. The van der Waals surface area contributed by atoms with Crippen LogP contribution in [0.4, 0.5) is 10.1 Å². The van der Waals surface area contributed by atoms with Crippen LogP contribution in [0.2, 0.25) is 0 Å². The highest BCUT2D eigenvalue weighted by molar-refractivity contribution is 6.04. The van der Waals surface area contributed by atoms with Crippen molar-refractivity contribution in [2.24, 2.45) is 0 Å². The summed E-state index contributed by atoms with van der Waals surface area (Å²) in [5.74, 6) is -1.25. The second-order valence-corrected chi connectivity index (χ2v) is 4.24. The van der Waals surface area contributed by atoms with E-state index in [0.29, 0.717) is 5.69 Å². The standard InChI is InChI=1S/C15H15FN2O/c1-2-4-11-6-8-12(9-7-11)18-15(19)13-5-3-10-17-14(13)16/h3,5-10H,2,4H2,1H3,(H,18,19). The zero-order chi connectivity index (χ0) is 13.7. The summed E-state index contributed by atoms with van der Waals surface area (Å²) in [6.07, 6.45) is 3.39. The molecule has 0 saturated carbocycles. The molecule has 0 fully saturated rings. The van der Waals surface area contributed by atoms with Gasteiger partial charge < -0.3 is 5.32 Å². The first-order valence-corrected chi connectivity index (χ1v) is 6.21. The van der Waals surface area contributed by atoms with E-state index in [2.05, 4.69) is 17.2 Å². The molecule has 0 aliphatic heterocycles. The lowest BCUT2D eigenvalue weighted by Crippen LogP contribution is -2.14. The molecule has 0 spiro atoms. The third kappa shape index (κ3) is 3.37. The van der Waals surface area contributed by atoms with Gasteiger partial charge in [-0.3, -0.25) is 4.79 Å². The molecule has 0 aliphatic carbocycles. The molecule has 98 valence electrons. The second kappa shape index (κ2) is 6.09. The molecule has 3 nitrogen and oxygen atoms in total. The van der Waals surface area contributed by atoms with Crippen molar-refractivity contribution in [2.45, 2.75) is 19.8 Å². The maximum absolute atomic E-state index is 13.3. The van der Waals surface area contributed by atoms with E-state index >= 15 is 0 Å². The van der Waals surface area contributed by atoms with Gasteiger partial charge in [-0.1, -0.05) is 25.5 Å². The Hall–Kier alpha value is -2.23. The Morgan fingerprint density at radius 2 is 2.00 bits per heavy atom. The summed E-state index contributed by atoms with van der Waals surface area (Å²) in [4.78, 5) is 15.3. The lowest BCUT2D eigenvalue weighted by atomic mass is 10.1. The van der Waals surface area contributed by atoms with Gasteiger partial charge in [-0.25, -0.2) is 4.98 Å². The number of aromatic nitrogens is 1. The van der Waals surface area contributed by atoms with Crippen molar-refractivity contribution in [3.8, 4) is 0 Å². The zero-order valence-electron chi connectivity index (χ0n) is 10.7. The number of anilines is 1.